The zero-order valence-corrected chi connectivity index (χ0v) is 43.7. The number of allylic oxidation sites excluding steroid dienone is 12. The molecule has 0 saturated carbocycles. The van der Waals surface area contributed by atoms with E-state index in [1.54, 1.807) is 0 Å². The van der Waals surface area contributed by atoms with E-state index in [-0.39, 0.29) is 19.6 Å². The van der Waals surface area contributed by atoms with Gasteiger partial charge in [0, 0.05) is 13.0 Å². The number of esters is 1. The first-order valence-corrected chi connectivity index (χ1v) is 27.5. The number of hydrogen-bond donors (Lipinski definition) is 7. The van der Waals surface area contributed by atoms with Crippen LogP contribution in [0, 0.1) is 0 Å². The summed E-state index contributed by atoms with van der Waals surface area (Å²) >= 11 is 0. The lowest BCUT2D eigenvalue weighted by molar-refractivity contribution is -0.332. The van der Waals surface area contributed by atoms with E-state index >= 15 is 0 Å². The number of rotatable bonds is 43. The predicted molar refractivity (Wildman–Crippen MR) is 279 cm³/mol. The number of carbonyl (C=O) groups is 1. The van der Waals surface area contributed by atoms with E-state index in [9.17, 15) is 40.5 Å². The second-order valence-corrected chi connectivity index (χ2v) is 19.0. The maximum atomic E-state index is 13.0. The summed E-state index contributed by atoms with van der Waals surface area (Å²) in [6.45, 7) is 3.51. The van der Waals surface area contributed by atoms with Crippen molar-refractivity contribution in [2.45, 2.75) is 248 Å². The molecule has 71 heavy (non-hydrogen) atoms. The average molecular weight is 1010 g/mol. The van der Waals surface area contributed by atoms with Crippen molar-refractivity contribution in [2.75, 3.05) is 33.0 Å². The van der Waals surface area contributed by atoms with Crippen molar-refractivity contribution in [3.63, 3.8) is 0 Å². The molecule has 14 nitrogen and oxygen atoms in total. The summed E-state index contributed by atoms with van der Waals surface area (Å²) in [6.07, 6.45) is 38.1. The first kappa shape index (κ1) is 64.5. The van der Waals surface area contributed by atoms with Gasteiger partial charge in [0.25, 0.3) is 0 Å². The summed E-state index contributed by atoms with van der Waals surface area (Å²) in [5.74, 6) is -0.410. The minimum atomic E-state index is -1.72. The maximum Gasteiger partial charge on any atom is 0.306 e. The van der Waals surface area contributed by atoms with Crippen LogP contribution in [-0.2, 0) is 33.2 Å². The van der Waals surface area contributed by atoms with Crippen molar-refractivity contribution in [1.29, 1.82) is 0 Å². The van der Waals surface area contributed by atoms with Crippen molar-refractivity contribution >= 4 is 5.97 Å². The van der Waals surface area contributed by atoms with E-state index in [0.717, 1.165) is 70.6 Å². The Morgan fingerprint density at radius 3 is 1.45 bits per heavy atom. The van der Waals surface area contributed by atoms with Gasteiger partial charge in [-0.1, -0.05) is 164 Å². The van der Waals surface area contributed by atoms with Gasteiger partial charge in [0.1, 0.15) is 54.9 Å². The highest BCUT2D eigenvalue weighted by atomic mass is 16.7. The lowest BCUT2D eigenvalue weighted by Crippen LogP contribution is -2.61. The molecule has 0 aromatic carbocycles. The number of aliphatic hydroxyl groups is 7. The van der Waals surface area contributed by atoms with Crippen LogP contribution in [0.5, 0.6) is 0 Å². The minimum Gasteiger partial charge on any atom is -0.457 e. The molecular formula is C57H98O14. The number of ether oxygens (including phenoxy) is 6. The molecule has 2 heterocycles. The first-order valence-electron chi connectivity index (χ1n) is 27.5. The highest BCUT2D eigenvalue weighted by Crippen LogP contribution is 2.26. The third kappa shape index (κ3) is 31.0. The summed E-state index contributed by atoms with van der Waals surface area (Å²) in [7, 11) is 0. The van der Waals surface area contributed by atoms with Crippen LogP contribution < -0.4 is 0 Å². The van der Waals surface area contributed by atoms with Crippen LogP contribution in [0.3, 0.4) is 0 Å². The van der Waals surface area contributed by atoms with Crippen LogP contribution >= 0.6 is 0 Å². The Kier molecular flexibility index (Phi) is 39.8. The third-order valence-electron chi connectivity index (χ3n) is 12.7. The summed E-state index contributed by atoms with van der Waals surface area (Å²) < 4.78 is 34.3. The van der Waals surface area contributed by atoms with E-state index in [1.165, 1.54) is 83.5 Å². The summed E-state index contributed by atoms with van der Waals surface area (Å²) in [5.41, 5.74) is 0. The molecule has 410 valence electrons. The molecule has 0 spiro atoms. The van der Waals surface area contributed by atoms with Gasteiger partial charge in [0.05, 0.1) is 26.4 Å². The Morgan fingerprint density at radius 1 is 0.479 bits per heavy atom. The Morgan fingerprint density at radius 2 is 0.915 bits per heavy atom. The molecule has 0 aromatic heterocycles. The van der Waals surface area contributed by atoms with Gasteiger partial charge in [-0.25, -0.2) is 0 Å². The fourth-order valence-electron chi connectivity index (χ4n) is 8.25. The topological polar surface area (TPSA) is 214 Å². The van der Waals surface area contributed by atoms with E-state index < -0.39 is 86.7 Å². The fourth-order valence-corrected chi connectivity index (χ4v) is 8.25. The maximum absolute atomic E-state index is 13.0. The Hall–Kier alpha value is -2.57. The lowest BCUT2D eigenvalue weighted by Gasteiger charge is -2.42. The molecule has 0 aliphatic carbocycles. The lowest BCUT2D eigenvalue weighted by atomic mass is 9.98. The molecule has 2 rings (SSSR count). The van der Waals surface area contributed by atoms with Crippen LogP contribution in [0.2, 0.25) is 0 Å². The Bertz CT molecular complexity index is 1450. The first-order chi connectivity index (χ1) is 34.6. The second-order valence-electron chi connectivity index (χ2n) is 19.0. The smallest absolute Gasteiger partial charge is 0.306 e. The van der Waals surface area contributed by atoms with E-state index in [2.05, 4.69) is 86.8 Å². The van der Waals surface area contributed by atoms with Crippen molar-refractivity contribution in [3.05, 3.63) is 72.9 Å². The molecule has 2 saturated heterocycles. The van der Waals surface area contributed by atoms with Crippen molar-refractivity contribution in [2.24, 2.45) is 0 Å². The SMILES string of the molecule is CC/C=C\C/C=C\C/C=C\C/C=C\C/C=C\CCCCCC(=O)OC(COCCCCCCCCCC/C=C\CCCCCCCC)COC1OC(COC2OC(CO)C(O)C(O)C2O)C(O)C(O)C1O. The molecule has 2 fully saturated rings. The monoisotopic (exact) mass is 1010 g/mol. The quantitative estimate of drug-likeness (QED) is 0.0173. The van der Waals surface area contributed by atoms with Crippen LogP contribution in [0.15, 0.2) is 72.9 Å². The molecule has 11 unspecified atom stereocenters. The highest BCUT2D eigenvalue weighted by molar-refractivity contribution is 5.69. The van der Waals surface area contributed by atoms with Crippen LogP contribution in [0.4, 0.5) is 0 Å². The van der Waals surface area contributed by atoms with Gasteiger partial charge in [-0.05, 0) is 83.5 Å². The average Bonchev–Trinajstić information content (AvgIpc) is 3.37. The van der Waals surface area contributed by atoms with Gasteiger partial charge in [-0.3, -0.25) is 4.79 Å². The number of unbranched alkanes of at least 4 members (excludes halogenated alkanes) is 17. The standard InChI is InChI=1S/C57H98O14/c1-3-5-7-9-11-13-15-17-19-21-23-24-26-28-30-32-34-36-38-40-49(59)69-46(43-66-41-39-37-35-33-31-29-27-25-22-20-18-16-14-12-10-8-6-4-2)44-67-56-55(65)53(63)51(61)48(71-56)45-68-57-54(64)52(62)50(60)47(42-58)70-57/h5,7,11,13,17-20,23-24,28,30,46-48,50-58,60-65H,3-4,6,8-10,12,14-16,21-22,25-27,29,31-45H2,1-2H3/b7-5-,13-11-,19-17-,20-18-,24-23-,30-28-. The molecule has 0 aromatic rings. The molecule has 2 aliphatic heterocycles. The van der Waals surface area contributed by atoms with Gasteiger partial charge in [-0.2, -0.15) is 0 Å². The van der Waals surface area contributed by atoms with Crippen molar-refractivity contribution < 1.29 is 69.0 Å². The summed E-state index contributed by atoms with van der Waals surface area (Å²) in [5, 5.41) is 72.2. The van der Waals surface area contributed by atoms with Gasteiger partial charge in [0.15, 0.2) is 12.6 Å². The Labute approximate surface area is 427 Å². The van der Waals surface area contributed by atoms with Crippen molar-refractivity contribution in [3.8, 4) is 0 Å². The molecule has 7 N–H and O–H groups in total. The van der Waals surface area contributed by atoms with Gasteiger partial charge >= 0.3 is 5.97 Å². The van der Waals surface area contributed by atoms with E-state index in [1.807, 2.05) is 0 Å². The summed E-state index contributed by atoms with van der Waals surface area (Å²) in [4.78, 5) is 13.0. The zero-order chi connectivity index (χ0) is 51.6. The fraction of sp³-hybridized carbons (Fsp3) is 0.772. The van der Waals surface area contributed by atoms with E-state index in [4.69, 9.17) is 28.4 Å². The molecule has 11 atom stereocenters. The number of aliphatic hydroxyl groups excluding tert-OH is 7. The second kappa shape index (κ2) is 43.8. The highest BCUT2D eigenvalue weighted by Gasteiger charge is 2.47. The largest absolute Gasteiger partial charge is 0.457 e. The molecule has 0 amide bonds. The van der Waals surface area contributed by atoms with Crippen molar-refractivity contribution in [1.82, 2.24) is 0 Å². The molecule has 2 aliphatic rings. The van der Waals surface area contributed by atoms with Crippen LogP contribution in [0.1, 0.15) is 181 Å². The van der Waals surface area contributed by atoms with Crippen LogP contribution in [0.25, 0.3) is 0 Å². The van der Waals surface area contributed by atoms with E-state index in [0.29, 0.717) is 13.0 Å². The molecular weight excluding hydrogens is 909 g/mol. The van der Waals surface area contributed by atoms with Crippen LogP contribution in [-0.4, -0.2) is 142 Å². The normalized spacial score (nSPS) is 25.9. The predicted octanol–water partition coefficient (Wildman–Crippen LogP) is 9.08. The minimum absolute atomic E-state index is 0.0425. The number of hydrogen-bond acceptors (Lipinski definition) is 14. The molecule has 0 radical (unpaired) electrons. The number of carbonyl (C=O) groups excluding carboxylic acids is 1. The molecule has 0 bridgehead atoms. The summed E-state index contributed by atoms with van der Waals surface area (Å²) in [6, 6.07) is 0. The molecule has 14 heteroatoms. The zero-order valence-electron chi connectivity index (χ0n) is 43.7. The van der Waals surface area contributed by atoms with Gasteiger partial charge in [-0.15, -0.1) is 0 Å². The Balaban J connectivity index is 1.77. The van der Waals surface area contributed by atoms with Gasteiger partial charge in [0.2, 0.25) is 0 Å². The third-order valence-corrected chi connectivity index (χ3v) is 12.7. The van der Waals surface area contributed by atoms with Gasteiger partial charge < -0.3 is 64.2 Å².